The minimum atomic E-state index is -0.573. The minimum Gasteiger partial charge on any atom is -0.494 e. The molecule has 2 N–H and O–H groups in total. The maximum absolute atomic E-state index is 12.6. The van der Waals surface area contributed by atoms with Crippen molar-refractivity contribution < 1.29 is 14.3 Å². The van der Waals surface area contributed by atoms with Crippen molar-refractivity contribution in [1.29, 1.82) is 0 Å². The van der Waals surface area contributed by atoms with Crippen molar-refractivity contribution in [2.24, 2.45) is 10.2 Å². The van der Waals surface area contributed by atoms with E-state index in [4.69, 9.17) is 4.74 Å². The van der Waals surface area contributed by atoms with Crippen LogP contribution in [-0.4, -0.2) is 34.6 Å². The van der Waals surface area contributed by atoms with Gasteiger partial charge in [-0.05, 0) is 49.1 Å². The summed E-state index contributed by atoms with van der Waals surface area (Å²) < 4.78 is 5.54. The third-order valence-electron chi connectivity index (χ3n) is 3.93. The van der Waals surface area contributed by atoms with Gasteiger partial charge in [-0.1, -0.05) is 24.8 Å². The van der Waals surface area contributed by atoms with E-state index in [0.717, 1.165) is 22.8 Å². The SMILES string of the molecule is CCCOc1ccc(NC(=O)C2CC(=O)NC(=NN=C(C)c3cccs3)S2)cc1. The summed E-state index contributed by atoms with van der Waals surface area (Å²) in [5.74, 6) is 0.248. The average Bonchev–Trinajstić information content (AvgIpc) is 3.26. The van der Waals surface area contributed by atoms with Crippen molar-refractivity contribution in [1.82, 2.24) is 5.32 Å². The molecule has 0 saturated carbocycles. The summed E-state index contributed by atoms with van der Waals surface area (Å²) in [6, 6.07) is 11.1. The van der Waals surface area contributed by atoms with Gasteiger partial charge in [0.15, 0.2) is 5.17 Å². The highest BCUT2D eigenvalue weighted by molar-refractivity contribution is 8.15. The van der Waals surface area contributed by atoms with Gasteiger partial charge in [-0.2, -0.15) is 5.10 Å². The Morgan fingerprint density at radius 1 is 1.31 bits per heavy atom. The number of thiophene rings is 1. The Morgan fingerprint density at radius 2 is 2.10 bits per heavy atom. The molecule has 2 heterocycles. The summed E-state index contributed by atoms with van der Waals surface area (Å²) in [5.41, 5.74) is 1.40. The Hall–Kier alpha value is -2.65. The van der Waals surface area contributed by atoms with E-state index in [1.807, 2.05) is 31.4 Å². The van der Waals surface area contributed by atoms with Gasteiger partial charge >= 0.3 is 0 Å². The molecule has 1 atom stereocenters. The molecule has 9 heteroatoms. The molecule has 1 fully saturated rings. The molecule has 1 unspecified atom stereocenters. The first-order valence-electron chi connectivity index (χ1n) is 9.21. The third-order valence-corrected chi connectivity index (χ3v) is 5.98. The largest absolute Gasteiger partial charge is 0.494 e. The molecule has 2 aromatic rings. The quantitative estimate of drug-likeness (QED) is 0.515. The van der Waals surface area contributed by atoms with Crippen LogP contribution in [0.15, 0.2) is 52.0 Å². The topological polar surface area (TPSA) is 92.1 Å². The smallest absolute Gasteiger partial charge is 0.238 e. The summed E-state index contributed by atoms with van der Waals surface area (Å²) >= 11 is 2.76. The Morgan fingerprint density at radius 3 is 2.79 bits per heavy atom. The molecule has 152 valence electrons. The Labute approximate surface area is 177 Å². The van der Waals surface area contributed by atoms with Crippen LogP contribution in [0.5, 0.6) is 5.75 Å². The van der Waals surface area contributed by atoms with E-state index in [-0.39, 0.29) is 18.2 Å². The van der Waals surface area contributed by atoms with Gasteiger partial charge in [0.05, 0.1) is 17.2 Å². The Kier molecular flexibility index (Phi) is 7.42. The summed E-state index contributed by atoms with van der Waals surface area (Å²) in [7, 11) is 0. The first-order valence-corrected chi connectivity index (χ1v) is 11.0. The molecule has 29 heavy (non-hydrogen) atoms. The number of ether oxygens (including phenoxy) is 1. The number of carbonyl (C=O) groups is 2. The number of amidine groups is 1. The molecule has 2 amide bonds. The molecule has 1 aliphatic heterocycles. The van der Waals surface area contributed by atoms with Crippen LogP contribution in [0.3, 0.4) is 0 Å². The number of nitrogens with zero attached hydrogens (tertiary/aromatic N) is 2. The van der Waals surface area contributed by atoms with Crippen LogP contribution in [0.4, 0.5) is 5.69 Å². The second kappa shape index (κ2) is 10.2. The van der Waals surface area contributed by atoms with E-state index in [1.165, 1.54) is 11.8 Å². The zero-order valence-electron chi connectivity index (χ0n) is 16.2. The maximum Gasteiger partial charge on any atom is 0.238 e. The van der Waals surface area contributed by atoms with Crippen LogP contribution in [0.2, 0.25) is 0 Å². The molecule has 1 aliphatic rings. The van der Waals surface area contributed by atoms with Gasteiger partial charge in [-0.3, -0.25) is 9.59 Å². The molecule has 1 aromatic heterocycles. The third kappa shape index (κ3) is 6.16. The number of thioether (sulfide) groups is 1. The second-order valence-corrected chi connectivity index (χ2v) is 8.43. The number of anilines is 1. The van der Waals surface area contributed by atoms with Crippen LogP contribution < -0.4 is 15.4 Å². The molecule has 3 rings (SSSR count). The fourth-order valence-electron chi connectivity index (χ4n) is 2.47. The molecule has 7 nitrogen and oxygen atoms in total. The lowest BCUT2D eigenvalue weighted by molar-refractivity contribution is -0.123. The Bertz CT molecular complexity index is 908. The van der Waals surface area contributed by atoms with E-state index < -0.39 is 5.25 Å². The Balaban J connectivity index is 1.62. The van der Waals surface area contributed by atoms with Crippen molar-refractivity contribution in [2.45, 2.75) is 31.9 Å². The lowest BCUT2D eigenvalue weighted by Gasteiger charge is -2.21. The zero-order valence-corrected chi connectivity index (χ0v) is 17.8. The maximum atomic E-state index is 12.6. The normalized spacial score (nSPS) is 18.4. The summed E-state index contributed by atoms with van der Waals surface area (Å²) in [5, 5.41) is 15.5. The number of rotatable bonds is 7. The number of carbonyl (C=O) groups excluding carboxylic acids is 2. The van der Waals surface area contributed by atoms with E-state index in [1.54, 1.807) is 35.6 Å². The van der Waals surface area contributed by atoms with Gasteiger partial charge < -0.3 is 15.4 Å². The predicted octanol–water partition coefficient (Wildman–Crippen LogP) is 3.88. The molecular weight excluding hydrogens is 408 g/mol. The van der Waals surface area contributed by atoms with Gasteiger partial charge in [-0.25, -0.2) is 0 Å². The molecule has 0 bridgehead atoms. The van der Waals surface area contributed by atoms with E-state index in [9.17, 15) is 9.59 Å². The number of amides is 2. The second-order valence-electron chi connectivity index (χ2n) is 6.29. The van der Waals surface area contributed by atoms with Crippen molar-refractivity contribution in [2.75, 3.05) is 11.9 Å². The minimum absolute atomic E-state index is 0.0842. The fourth-order valence-corrected chi connectivity index (χ4v) is 4.07. The van der Waals surface area contributed by atoms with Gasteiger partial charge in [-0.15, -0.1) is 16.4 Å². The standard InChI is InChI=1S/C20H22N4O3S2/c1-3-10-27-15-8-6-14(7-9-15)21-19(26)17-12-18(25)22-20(29-17)24-23-13(2)16-5-4-11-28-16/h4-9,11,17H,3,10,12H2,1-2H3,(H,21,26)(H,22,24,25). The van der Waals surface area contributed by atoms with E-state index >= 15 is 0 Å². The van der Waals surface area contributed by atoms with Gasteiger partial charge in [0.1, 0.15) is 11.0 Å². The van der Waals surface area contributed by atoms with Crippen LogP contribution in [-0.2, 0) is 9.59 Å². The summed E-state index contributed by atoms with van der Waals surface area (Å²) in [6.07, 6.45) is 1.01. The fraction of sp³-hybridized carbons (Fsp3) is 0.300. The van der Waals surface area contributed by atoms with Crippen molar-refractivity contribution in [3.05, 3.63) is 46.7 Å². The molecular formula is C20H22N4O3S2. The van der Waals surface area contributed by atoms with Crippen molar-refractivity contribution in [3.63, 3.8) is 0 Å². The number of hydrogen-bond acceptors (Lipinski definition) is 7. The van der Waals surface area contributed by atoms with E-state index in [0.29, 0.717) is 17.5 Å². The number of nitrogens with one attached hydrogen (secondary N) is 2. The first kappa shape index (κ1) is 21.1. The average molecular weight is 431 g/mol. The van der Waals surface area contributed by atoms with Crippen LogP contribution in [0.25, 0.3) is 0 Å². The highest BCUT2D eigenvalue weighted by atomic mass is 32.2. The van der Waals surface area contributed by atoms with Crippen molar-refractivity contribution >= 4 is 51.5 Å². The van der Waals surface area contributed by atoms with Crippen LogP contribution >= 0.6 is 23.1 Å². The molecule has 1 saturated heterocycles. The van der Waals surface area contributed by atoms with Crippen LogP contribution in [0.1, 0.15) is 31.6 Å². The van der Waals surface area contributed by atoms with Crippen molar-refractivity contribution in [3.8, 4) is 5.75 Å². The molecule has 0 radical (unpaired) electrons. The highest BCUT2D eigenvalue weighted by Gasteiger charge is 2.30. The van der Waals surface area contributed by atoms with Crippen LogP contribution in [0, 0.1) is 0 Å². The molecule has 0 aliphatic carbocycles. The number of benzene rings is 1. The first-order chi connectivity index (χ1) is 14.0. The molecule has 0 spiro atoms. The zero-order chi connectivity index (χ0) is 20.6. The summed E-state index contributed by atoms with van der Waals surface area (Å²) in [6.45, 7) is 4.54. The van der Waals surface area contributed by atoms with Gasteiger partial charge in [0.25, 0.3) is 0 Å². The van der Waals surface area contributed by atoms with Gasteiger partial charge in [0, 0.05) is 12.1 Å². The molecule has 1 aromatic carbocycles. The van der Waals surface area contributed by atoms with E-state index in [2.05, 4.69) is 20.8 Å². The highest BCUT2D eigenvalue weighted by Crippen LogP contribution is 2.23. The number of hydrogen-bond donors (Lipinski definition) is 2. The predicted molar refractivity (Wildman–Crippen MR) is 119 cm³/mol. The lowest BCUT2D eigenvalue weighted by atomic mass is 10.2. The summed E-state index contributed by atoms with van der Waals surface area (Å²) in [4.78, 5) is 25.6. The lowest BCUT2D eigenvalue weighted by Crippen LogP contribution is -2.41. The monoisotopic (exact) mass is 430 g/mol. The van der Waals surface area contributed by atoms with Gasteiger partial charge in [0.2, 0.25) is 11.8 Å².